The molecule has 0 spiro atoms. The lowest BCUT2D eigenvalue weighted by atomic mass is 10.0. The molecule has 4 heterocycles. The van der Waals surface area contributed by atoms with E-state index < -0.39 is 23.9 Å². The number of nitrogens with one attached hydrogen (secondary N) is 2. The SMILES string of the molecule is O=C(N[C@H]1CCOC[C@@H]1O)c1cc(Cc2ccc(C(=O)NC[C@@H]3CCCO3)c(F)c2)c2c(n1)CCO2. The number of ether oxygens (including phenoxy) is 3. The van der Waals surface area contributed by atoms with Gasteiger partial charge in [0.25, 0.3) is 11.8 Å². The van der Waals surface area contributed by atoms with Gasteiger partial charge in [0.05, 0.1) is 42.7 Å². The number of halogens is 1. The van der Waals surface area contributed by atoms with Crippen molar-refractivity contribution < 1.29 is 33.3 Å². The van der Waals surface area contributed by atoms with Crippen LogP contribution in [-0.2, 0) is 22.3 Å². The number of amides is 2. The third-order valence-electron chi connectivity index (χ3n) is 6.77. The Bertz CT molecular complexity index is 1140. The van der Waals surface area contributed by atoms with E-state index in [0.29, 0.717) is 68.2 Å². The molecule has 2 fully saturated rings. The Morgan fingerprint density at radius 2 is 2.03 bits per heavy atom. The first-order valence-electron chi connectivity index (χ1n) is 12.4. The fourth-order valence-electron chi connectivity index (χ4n) is 4.80. The Morgan fingerprint density at radius 3 is 2.81 bits per heavy atom. The van der Waals surface area contributed by atoms with Gasteiger partial charge in [-0.05, 0) is 43.0 Å². The molecule has 2 aromatic rings. The number of aliphatic hydroxyl groups excluding tert-OH is 1. The maximum atomic E-state index is 14.8. The van der Waals surface area contributed by atoms with Crippen molar-refractivity contribution in [3.05, 3.63) is 58.2 Å². The number of aliphatic hydroxyl groups is 1. The Kier molecular flexibility index (Phi) is 7.45. The van der Waals surface area contributed by atoms with E-state index in [4.69, 9.17) is 14.2 Å². The molecule has 3 aliphatic heterocycles. The number of rotatable bonds is 7. The summed E-state index contributed by atoms with van der Waals surface area (Å²) in [6.45, 7) is 2.14. The minimum absolute atomic E-state index is 0.0221. The van der Waals surface area contributed by atoms with Gasteiger partial charge in [-0.15, -0.1) is 0 Å². The second-order valence-electron chi connectivity index (χ2n) is 9.39. The lowest BCUT2D eigenvalue weighted by molar-refractivity contribution is -0.0261. The minimum Gasteiger partial charge on any atom is -0.491 e. The van der Waals surface area contributed by atoms with Crippen LogP contribution in [0, 0.1) is 5.82 Å². The number of fused-ring (bicyclic) bond motifs is 1. The van der Waals surface area contributed by atoms with Gasteiger partial charge >= 0.3 is 0 Å². The number of hydrogen-bond donors (Lipinski definition) is 3. The molecule has 0 saturated carbocycles. The highest BCUT2D eigenvalue weighted by molar-refractivity contribution is 5.94. The topological polar surface area (TPSA) is 119 Å². The van der Waals surface area contributed by atoms with Gasteiger partial charge in [0, 0.05) is 38.2 Å². The van der Waals surface area contributed by atoms with Crippen LogP contribution in [0.1, 0.15) is 56.9 Å². The second-order valence-corrected chi connectivity index (χ2v) is 9.39. The molecule has 3 N–H and O–H groups in total. The van der Waals surface area contributed by atoms with Crippen LogP contribution in [0.3, 0.4) is 0 Å². The van der Waals surface area contributed by atoms with E-state index in [1.165, 1.54) is 12.1 Å². The summed E-state index contributed by atoms with van der Waals surface area (Å²) < 4.78 is 31.3. The molecule has 0 bridgehead atoms. The number of carbonyl (C=O) groups excluding carboxylic acids is 2. The largest absolute Gasteiger partial charge is 0.491 e. The van der Waals surface area contributed by atoms with Gasteiger partial charge < -0.3 is 30.0 Å². The van der Waals surface area contributed by atoms with Crippen molar-refractivity contribution in [3.63, 3.8) is 0 Å². The standard InChI is InChI=1S/C26H30FN3O6/c27-19-11-15(3-4-18(19)25(32)28-13-17-2-1-7-35-17)10-16-12-22(29-21-6-9-36-24(16)21)26(33)30-20-5-8-34-14-23(20)31/h3-4,11-12,17,20,23,31H,1-2,5-10,13-14H2,(H,28,32)(H,30,33)/t17-,20-,23-/m0/s1. The van der Waals surface area contributed by atoms with E-state index in [9.17, 15) is 19.1 Å². The third-order valence-corrected chi connectivity index (χ3v) is 6.77. The van der Waals surface area contributed by atoms with Crippen molar-refractivity contribution >= 4 is 11.8 Å². The Morgan fingerprint density at radius 1 is 1.14 bits per heavy atom. The zero-order valence-electron chi connectivity index (χ0n) is 19.9. The number of nitrogens with zero attached hydrogens (tertiary/aromatic N) is 1. The van der Waals surface area contributed by atoms with Gasteiger partial charge in [-0.25, -0.2) is 9.37 Å². The Labute approximate surface area is 208 Å². The zero-order valence-corrected chi connectivity index (χ0v) is 19.9. The van der Waals surface area contributed by atoms with E-state index in [0.717, 1.165) is 12.8 Å². The highest BCUT2D eigenvalue weighted by Gasteiger charge is 2.28. The molecule has 1 aromatic carbocycles. The summed E-state index contributed by atoms with van der Waals surface area (Å²) in [7, 11) is 0. The fourth-order valence-corrected chi connectivity index (χ4v) is 4.80. The van der Waals surface area contributed by atoms with Crippen molar-refractivity contribution in [2.75, 3.05) is 33.0 Å². The summed E-state index contributed by atoms with van der Waals surface area (Å²) in [5.74, 6) is -0.870. The quantitative estimate of drug-likeness (QED) is 0.529. The van der Waals surface area contributed by atoms with Crippen LogP contribution in [0.4, 0.5) is 4.39 Å². The van der Waals surface area contributed by atoms with Crippen LogP contribution in [0.25, 0.3) is 0 Å². The molecule has 2 amide bonds. The molecule has 3 aliphatic rings. The van der Waals surface area contributed by atoms with E-state index in [-0.39, 0.29) is 29.9 Å². The van der Waals surface area contributed by atoms with E-state index in [1.54, 1.807) is 12.1 Å². The maximum absolute atomic E-state index is 14.8. The van der Waals surface area contributed by atoms with Crippen LogP contribution < -0.4 is 15.4 Å². The smallest absolute Gasteiger partial charge is 0.270 e. The Balaban J connectivity index is 1.30. The highest BCUT2D eigenvalue weighted by Crippen LogP contribution is 2.31. The molecular formula is C26H30FN3O6. The van der Waals surface area contributed by atoms with Gasteiger partial charge in [-0.1, -0.05) is 6.07 Å². The zero-order chi connectivity index (χ0) is 25.1. The van der Waals surface area contributed by atoms with Crippen molar-refractivity contribution in [3.8, 4) is 5.75 Å². The molecule has 0 radical (unpaired) electrons. The van der Waals surface area contributed by atoms with Crippen LogP contribution in [0.5, 0.6) is 5.75 Å². The summed E-state index contributed by atoms with van der Waals surface area (Å²) in [5, 5.41) is 15.7. The summed E-state index contributed by atoms with van der Waals surface area (Å²) >= 11 is 0. The monoisotopic (exact) mass is 499 g/mol. The van der Waals surface area contributed by atoms with Crippen molar-refractivity contribution in [2.45, 2.75) is 50.4 Å². The van der Waals surface area contributed by atoms with Crippen LogP contribution in [0.2, 0.25) is 0 Å². The average molecular weight is 500 g/mol. The van der Waals surface area contributed by atoms with Crippen molar-refractivity contribution in [2.24, 2.45) is 0 Å². The lowest BCUT2D eigenvalue weighted by Crippen LogP contribution is -2.48. The van der Waals surface area contributed by atoms with Gasteiger partial charge in [-0.3, -0.25) is 9.59 Å². The predicted molar refractivity (Wildman–Crippen MR) is 127 cm³/mol. The van der Waals surface area contributed by atoms with E-state index >= 15 is 0 Å². The summed E-state index contributed by atoms with van der Waals surface area (Å²) in [5.41, 5.74) is 2.22. The van der Waals surface area contributed by atoms with E-state index in [1.807, 2.05) is 0 Å². The van der Waals surface area contributed by atoms with Crippen LogP contribution >= 0.6 is 0 Å². The molecule has 3 atom stereocenters. The average Bonchev–Trinajstić information content (AvgIpc) is 3.56. The number of benzene rings is 1. The predicted octanol–water partition coefficient (Wildman–Crippen LogP) is 1.53. The van der Waals surface area contributed by atoms with Gasteiger partial charge in [0.15, 0.2) is 0 Å². The number of aromatic nitrogens is 1. The lowest BCUT2D eigenvalue weighted by Gasteiger charge is -2.28. The molecule has 192 valence electrons. The normalized spacial score (nSPS) is 23.1. The van der Waals surface area contributed by atoms with E-state index in [2.05, 4.69) is 15.6 Å². The fraction of sp³-hybridized carbons (Fsp3) is 0.500. The summed E-state index contributed by atoms with van der Waals surface area (Å²) in [6, 6.07) is 5.74. The third kappa shape index (κ3) is 5.50. The molecule has 1 aromatic heterocycles. The number of hydrogen-bond acceptors (Lipinski definition) is 7. The highest BCUT2D eigenvalue weighted by atomic mass is 19.1. The number of pyridine rings is 1. The van der Waals surface area contributed by atoms with Crippen molar-refractivity contribution in [1.29, 1.82) is 0 Å². The summed E-state index contributed by atoms with van der Waals surface area (Å²) in [4.78, 5) is 29.8. The molecule has 0 aliphatic carbocycles. The Hall–Kier alpha value is -3.08. The van der Waals surface area contributed by atoms with Gasteiger partial charge in [0.1, 0.15) is 17.3 Å². The first-order chi connectivity index (χ1) is 17.5. The van der Waals surface area contributed by atoms with Gasteiger partial charge in [0.2, 0.25) is 0 Å². The minimum atomic E-state index is -0.774. The van der Waals surface area contributed by atoms with Crippen LogP contribution in [-0.4, -0.2) is 73.1 Å². The molecule has 9 nitrogen and oxygen atoms in total. The molecule has 5 rings (SSSR count). The first kappa shape index (κ1) is 24.6. The molecule has 36 heavy (non-hydrogen) atoms. The van der Waals surface area contributed by atoms with Gasteiger partial charge in [-0.2, -0.15) is 0 Å². The first-order valence-corrected chi connectivity index (χ1v) is 12.4. The van der Waals surface area contributed by atoms with Crippen molar-refractivity contribution in [1.82, 2.24) is 15.6 Å². The molecule has 2 saturated heterocycles. The summed E-state index contributed by atoms with van der Waals surface area (Å²) in [6.07, 6.45) is 2.44. The molecular weight excluding hydrogens is 469 g/mol. The number of carbonyl (C=O) groups is 2. The second kappa shape index (κ2) is 10.9. The van der Waals surface area contributed by atoms with Crippen LogP contribution in [0.15, 0.2) is 24.3 Å². The molecule has 0 unspecified atom stereocenters. The molecule has 10 heteroatoms. The maximum Gasteiger partial charge on any atom is 0.270 e.